The zero-order chi connectivity index (χ0) is 26.4. The second-order valence-corrected chi connectivity index (χ2v) is 11.6. The summed E-state index contributed by atoms with van der Waals surface area (Å²) >= 11 is 6.42. The van der Waals surface area contributed by atoms with Gasteiger partial charge in [-0.1, -0.05) is 48.7 Å². The van der Waals surface area contributed by atoms with Crippen molar-refractivity contribution in [3.05, 3.63) is 39.8 Å². The lowest BCUT2D eigenvalue weighted by Crippen LogP contribution is -2.54. The summed E-state index contributed by atoms with van der Waals surface area (Å²) in [5, 5.41) is 4.44. The molecule has 0 bridgehead atoms. The SMILES string of the molecule is CC1(C)COCCN1c1nc2nc(-c3noc(=O)[nH]3)nc(-c3cccc(Cl)c3)c2n1C[C@H]1CC[C@H](C)CC1. The van der Waals surface area contributed by atoms with Gasteiger partial charge in [0.2, 0.25) is 17.6 Å². The van der Waals surface area contributed by atoms with E-state index in [0.29, 0.717) is 35.5 Å². The molecule has 200 valence electrons. The Balaban J connectivity index is 1.59. The lowest BCUT2D eigenvalue weighted by molar-refractivity contribution is 0.0628. The van der Waals surface area contributed by atoms with E-state index in [1.54, 1.807) is 0 Å². The molecule has 2 aliphatic rings. The van der Waals surface area contributed by atoms with Crippen LogP contribution in [0.5, 0.6) is 0 Å². The highest BCUT2D eigenvalue weighted by molar-refractivity contribution is 6.30. The average molecular weight is 538 g/mol. The number of rotatable bonds is 5. The Labute approximate surface area is 225 Å². The third-order valence-electron chi connectivity index (χ3n) is 7.80. The van der Waals surface area contributed by atoms with Gasteiger partial charge < -0.3 is 14.2 Å². The molecule has 0 atom stereocenters. The number of ether oxygens (including phenoxy) is 1. The number of imidazole rings is 1. The van der Waals surface area contributed by atoms with Crippen LogP contribution in [0.1, 0.15) is 46.5 Å². The second-order valence-electron chi connectivity index (χ2n) is 11.2. The highest BCUT2D eigenvalue weighted by Crippen LogP contribution is 2.38. The monoisotopic (exact) mass is 537 g/mol. The van der Waals surface area contributed by atoms with Gasteiger partial charge in [0.1, 0.15) is 11.2 Å². The minimum absolute atomic E-state index is 0.157. The molecule has 1 aromatic carbocycles. The van der Waals surface area contributed by atoms with Crippen LogP contribution in [0.3, 0.4) is 0 Å². The van der Waals surface area contributed by atoms with Crippen molar-refractivity contribution >= 4 is 28.7 Å². The van der Waals surface area contributed by atoms with Crippen LogP contribution in [0.4, 0.5) is 5.95 Å². The Kier molecular flexibility index (Phi) is 6.47. The maximum atomic E-state index is 11.7. The van der Waals surface area contributed by atoms with E-state index in [-0.39, 0.29) is 17.2 Å². The summed E-state index contributed by atoms with van der Waals surface area (Å²) in [5.74, 6) is 1.88. The van der Waals surface area contributed by atoms with Gasteiger partial charge in [0.05, 0.1) is 18.8 Å². The normalized spacial score (nSPS) is 21.7. The molecule has 10 nitrogen and oxygen atoms in total. The zero-order valence-electron chi connectivity index (χ0n) is 21.9. The molecule has 11 heteroatoms. The molecule has 1 N–H and O–H groups in total. The molecule has 1 saturated heterocycles. The van der Waals surface area contributed by atoms with Crippen LogP contribution in [0.15, 0.2) is 33.6 Å². The number of H-pyrrole nitrogens is 1. The van der Waals surface area contributed by atoms with Crippen molar-refractivity contribution in [2.24, 2.45) is 11.8 Å². The highest BCUT2D eigenvalue weighted by atomic mass is 35.5. The Bertz CT molecular complexity index is 1520. The molecule has 1 saturated carbocycles. The van der Waals surface area contributed by atoms with Crippen LogP contribution in [0, 0.1) is 11.8 Å². The fourth-order valence-corrected chi connectivity index (χ4v) is 5.86. The second kappa shape index (κ2) is 9.81. The number of hydrogen-bond donors (Lipinski definition) is 1. The van der Waals surface area contributed by atoms with Gasteiger partial charge in [-0.05, 0) is 50.7 Å². The van der Waals surface area contributed by atoms with Gasteiger partial charge in [-0.2, -0.15) is 4.98 Å². The average Bonchev–Trinajstić information content (AvgIpc) is 3.48. The topological polar surface area (TPSA) is 115 Å². The summed E-state index contributed by atoms with van der Waals surface area (Å²) in [4.78, 5) is 31.4. The smallest absolute Gasteiger partial charge is 0.377 e. The third-order valence-corrected chi connectivity index (χ3v) is 8.03. The van der Waals surface area contributed by atoms with Crippen LogP contribution in [-0.2, 0) is 11.3 Å². The first-order valence-electron chi connectivity index (χ1n) is 13.2. The maximum Gasteiger partial charge on any atom is 0.439 e. The molecule has 4 heterocycles. The molecular formula is C27H32ClN7O3. The van der Waals surface area contributed by atoms with Crippen LogP contribution in [0.25, 0.3) is 34.1 Å². The number of aromatic nitrogens is 6. The number of nitrogens with zero attached hydrogens (tertiary/aromatic N) is 6. The standard InChI is InChI=1S/C27H32ClN7O3/c1-16-7-9-17(10-8-16)14-34-21-20(18-5-4-6-19(28)13-18)29-23(24-32-26(36)38-33-24)30-22(21)31-25(34)35-11-12-37-15-27(35,2)3/h4-6,13,16-17H,7-12,14-15H2,1-3H3,(H,32,33,36)/t16-,17-. The Morgan fingerprint density at radius 2 is 1.97 bits per heavy atom. The van der Waals surface area contributed by atoms with Gasteiger partial charge in [-0.15, -0.1) is 0 Å². The van der Waals surface area contributed by atoms with E-state index in [1.165, 1.54) is 25.7 Å². The van der Waals surface area contributed by atoms with Crippen molar-refractivity contribution in [3.63, 3.8) is 0 Å². The summed E-state index contributed by atoms with van der Waals surface area (Å²) in [5.41, 5.74) is 2.66. The summed E-state index contributed by atoms with van der Waals surface area (Å²) in [6.45, 7) is 9.47. The van der Waals surface area contributed by atoms with E-state index in [9.17, 15) is 4.79 Å². The molecule has 6 rings (SSSR count). The van der Waals surface area contributed by atoms with E-state index in [0.717, 1.165) is 36.0 Å². The predicted octanol–water partition coefficient (Wildman–Crippen LogP) is 4.93. The third kappa shape index (κ3) is 4.71. The largest absolute Gasteiger partial charge is 0.439 e. The summed E-state index contributed by atoms with van der Waals surface area (Å²) in [6, 6.07) is 7.59. The Morgan fingerprint density at radius 1 is 1.16 bits per heavy atom. The molecule has 4 aromatic rings. The quantitative estimate of drug-likeness (QED) is 0.381. The first-order valence-corrected chi connectivity index (χ1v) is 13.6. The molecule has 38 heavy (non-hydrogen) atoms. The van der Waals surface area contributed by atoms with Crippen molar-refractivity contribution in [1.82, 2.24) is 29.7 Å². The Morgan fingerprint density at radius 3 is 2.68 bits per heavy atom. The van der Waals surface area contributed by atoms with E-state index in [1.807, 2.05) is 24.3 Å². The number of nitrogens with one attached hydrogen (secondary N) is 1. The first-order chi connectivity index (χ1) is 18.3. The van der Waals surface area contributed by atoms with Crippen molar-refractivity contribution in [2.45, 2.75) is 58.5 Å². The highest BCUT2D eigenvalue weighted by Gasteiger charge is 2.36. The minimum Gasteiger partial charge on any atom is -0.377 e. The van der Waals surface area contributed by atoms with E-state index < -0.39 is 5.76 Å². The van der Waals surface area contributed by atoms with E-state index >= 15 is 0 Å². The van der Waals surface area contributed by atoms with Crippen LogP contribution in [0.2, 0.25) is 5.02 Å². The number of aromatic amines is 1. The van der Waals surface area contributed by atoms with E-state index in [2.05, 4.69) is 40.4 Å². The van der Waals surface area contributed by atoms with E-state index in [4.69, 9.17) is 35.8 Å². The summed E-state index contributed by atoms with van der Waals surface area (Å²) in [6.07, 6.45) is 4.82. The first kappa shape index (κ1) is 25.1. The molecule has 0 amide bonds. The number of fused-ring (bicyclic) bond motifs is 1. The number of morpholine rings is 1. The zero-order valence-corrected chi connectivity index (χ0v) is 22.7. The number of benzene rings is 1. The number of halogens is 1. The van der Waals surface area contributed by atoms with Gasteiger partial charge in [0.15, 0.2) is 5.65 Å². The van der Waals surface area contributed by atoms with Crippen LogP contribution < -0.4 is 10.7 Å². The van der Waals surface area contributed by atoms with Gasteiger partial charge >= 0.3 is 5.76 Å². The fraction of sp³-hybridized carbons (Fsp3) is 0.519. The summed E-state index contributed by atoms with van der Waals surface area (Å²) < 4.78 is 12.9. The molecule has 1 aliphatic carbocycles. The minimum atomic E-state index is -0.666. The number of anilines is 1. The number of hydrogen-bond acceptors (Lipinski definition) is 8. The van der Waals surface area contributed by atoms with Crippen LogP contribution >= 0.6 is 11.6 Å². The molecule has 3 aromatic heterocycles. The van der Waals surface area contributed by atoms with Crippen molar-refractivity contribution in [3.8, 4) is 22.9 Å². The molecule has 0 radical (unpaired) electrons. The molecular weight excluding hydrogens is 506 g/mol. The fourth-order valence-electron chi connectivity index (χ4n) is 5.67. The predicted molar refractivity (Wildman–Crippen MR) is 145 cm³/mol. The van der Waals surface area contributed by atoms with Gasteiger partial charge in [0, 0.05) is 23.7 Å². The molecule has 1 aliphatic heterocycles. The van der Waals surface area contributed by atoms with Gasteiger partial charge in [-0.3, -0.25) is 9.51 Å². The maximum absolute atomic E-state index is 11.7. The molecule has 2 fully saturated rings. The van der Waals surface area contributed by atoms with Crippen molar-refractivity contribution in [2.75, 3.05) is 24.7 Å². The molecule has 0 unspecified atom stereocenters. The molecule has 0 spiro atoms. The lowest BCUT2D eigenvalue weighted by atomic mass is 9.83. The van der Waals surface area contributed by atoms with Gasteiger partial charge in [0.25, 0.3) is 0 Å². The Hall–Kier alpha value is -3.24. The lowest BCUT2D eigenvalue weighted by Gasteiger charge is -2.43. The van der Waals surface area contributed by atoms with Crippen LogP contribution in [-0.4, -0.2) is 55.0 Å². The summed E-state index contributed by atoms with van der Waals surface area (Å²) in [7, 11) is 0. The van der Waals surface area contributed by atoms with Crippen molar-refractivity contribution < 1.29 is 9.26 Å². The van der Waals surface area contributed by atoms with Gasteiger partial charge in [-0.25, -0.2) is 14.8 Å². The van der Waals surface area contributed by atoms with Crippen molar-refractivity contribution in [1.29, 1.82) is 0 Å².